The first kappa shape index (κ1) is 21.1. The maximum absolute atomic E-state index is 12.5. The molecule has 154 valence electrons. The van der Waals surface area contributed by atoms with Gasteiger partial charge in [-0.3, -0.25) is 0 Å². The summed E-state index contributed by atoms with van der Waals surface area (Å²) in [5, 5.41) is 13.6. The first-order chi connectivity index (χ1) is 14.0. The minimum atomic E-state index is -3.59. The molecule has 1 saturated heterocycles. The lowest BCUT2D eigenvalue weighted by atomic mass is 9.97. The lowest BCUT2D eigenvalue weighted by Gasteiger charge is -2.31. The molecule has 1 aliphatic heterocycles. The van der Waals surface area contributed by atoms with Gasteiger partial charge >= 0.3 is 0 Å². The van der Waals surface area contributed by atoms with Crippen molar-refractivity contribution < 1.29 is 13.5 Å². The molecule has 29 heavy (non-hydrogen) atoms. The second kappa shape index (κ2) is 9.76. The lowest BCUT2D eigenvalue weighted by molar-refractivity contribution is 0.190. The summed E-state index contributed by atoms with van der Waals surface area (Å²) in [5.74, 6) is 0.575. The van der Waals surface area contributed by atoms with Crippen molar-refractivity contribution in [1.82, 2.24) is 9.62 Å². The number of hydrogen-bond acceptors (Lipinski definition) is 5. The molecule has 1 fully saturated rings. The molecule has 2 aromatic rings. The van der Waals surface area contributed by atoms with Crippen LogP contribution in [0.3, 0.4) is 0 Å². The van der Waals surface area contributed by atoms with Crippen molar-refractivity contribution in [1.29, 1.82) is 0 Å². The standard InChI is InChI=1S/C20H25N5O3S/c21-24-22-15-16-9-12-25(13-10-16)14-11-23-29(27,28)18-7-5-17(6-8-18)19-3-1-2-4-20(19)26/h1-8,16,23,26H,9-15H2. The number of para-hydroxylation sites is 1. The van der Waals surface area contributed by atoms with E-state index in [0.29, 0.717) is 31.1 Å². The normalized spacial score (nSPS) is 15.7. The summed E-state index contributed by atoms with van der Waals surface area (Å²) >= 11 is 0. The van der Waals surface area contributed by atoms with Crippen molar-refractivity contribution in [3.63, 3.8) is 0 Å². The molecule has 0 saturated carbocycles. The Bertz CT molecular complexity index is 964. The van der Waals surface area contributed by atoms with Gasteiger partial charge in [-0.1, -0.05) is 35.4 Å². The van der Waals surface area contributed by atoms with E-state index >= 15 is 0 Å². The molecular formula is C20H25N5O3S. The van der Waals surface area contributed by atoms with E-state index < -0.39 is 10.0 Å². The van der Waals surface area contributed by atoms with Crippen molar-refractivity contribution in [2.75, 3.05) is 32.7 Å². The average molecular weight is 416 g/mol. The van der Waals surface area contributed by atoms with E-state index in [2.05, 4.69) is 19.6 Å². The van der Waals surface area contributed by atoms with Gasteiger partial charge in [-0.05, 0) is 61.1 Å². The zero-order valence-electron chi connectivity index (χ0n) is 16.1. The van der Waals surface area contributed by atoms with Gasteiger partial charge in [-0.15, -0.1) is 0 Å². The molecular weight excluding hydrogens is 390 g/mol. The van der Waals surface area contributed by atoms with Gasteiger partial charge in [0.15, 0.2) is 0 Å². The van der Waals surface area contributed by atoms with Gasteiger partial charge in [0.1, 0.15) is 5.75 Å². The predicted octanol–water partition coefficient (Wildman–Crippen LogP) is 3.36. The van der Waals surface area contributed by atoms with Gasteiger partial charge in [-0.2, -0.15) is 0 Å². The number of phenols is 1. The fraction of sp³-hybridized carbons (Fsp3) is 0.400. The van der Waals surface area contributed by atoms with Crippen molar-refractivity contribution in [2.24, 2.45) is 11.0 Å². The molecule has 3 rings (SSSR count). The van der Waals surface area contributed by atoms with E-state index in [1.54, 1.807) is 42.5 Å². The highest BCUT2D eigenvalue weighted by molar-refractivity contribution is 7.89. The van der Waals surface area contributed by atoms with Crippen LogP contribution in [0.5, 0.6) is 5.75 Å². The van der Waals surface area contributed by atoms with Crippen molar-refractivity contribution in [3.8, 4) is 16.9 Å². The summed E-state index contributed by atoms with van der Waals surface area (Å²) in [5.41, 5.74) is 9.81. The fourth-order valence-corrected chi connectivity index (χ4v) is 4.52. The smallest absolute Gasteiger partial charge is 0.240 e. The summed E-state index contributed by atoms with van der Waals surface area (Å²) in [4.78, 5) is 5.22. The topological polar surface area (TPSA) is 118 Å². The molecule has 0 spiro atoms. The van der Waals surface area contributed by atoms with Gasteiger partial charge in [0.05, 0.1) is 4.90 Å². The third kappa shape index (κ3) is 5.71. The molecule has 1 heterocycles. The molecule has 0 unspecified atom stereocenters. The van der Waals surface area contributed by atoms with Crippen LogP contribution in [0.1, 0.15) is 12.8 Å². The number of nitrogens with zero attached hydrogens (tertiary/aromatic N) is 4. The maximum Gasteiger partial charge on any atom is 0.240 e. The maximum atomic E-state index is 12.5. The Morgan fingerprint density at radius 3 is 2.48 bits per heavy atom. The zero-order chi connectivity index (χ0) is 20.7. The van der Waals surface area contributed by atoms with Crippen LogP contribution in [-0.2, 0) is 10.0 Å². The molecule has 0 radical (unpaired) electrons. The summed E-state index contributed by atoms with van der Waals surface area (Å²) in [6.45, 7) is 3.27. The molecule has 8 nitrogen and oxygen atoms in total. The largest absolute Gasteiger partial charge is 0.507 e. The van der Waals surface area contributed by atoms with E-state index in [0.717, 1.165) is 31.5 Å². The van der Waals surface area contributed by atoms with Crippen LogP contribution < -0.4 is 4.72 Å². The first-order valence-electron chi connectivity index (χ1n) is 9.61. The third-order valence-electron chi connectivity index (χ3n) is 5.21. The number of azide groups is 1. The van der Waals surface area contributed by atoms with Crippen LogP contribution >= 0.6 is 0 Å². The van der Waals surface area contributed by atoms with Crippen molar-refractivity contribution in [2.45, 2.75) is 17.7 Å². The second-order valence-electron chi connectivity index (χ2n) is 7.14. The number of rotatable bonds is 8. The average Bonchev–Trinajstić information content (AvgIpc) is 2.73. The summed E-state index contributed by atoms with van der Waals surface area (Å²) in [6, 6.07) is 13.4. The van der Waals surface area contributed by atoms with E-state index in [1.165, 1.54) is 0 Å². The number of sulfonamides is 1. The van der Waals surface area contributed by atoms with Crippen LogP contribution in [0.15, 0.2) is 58.5 Å². The molecule has 0 amide bonds. The third-order valence-corrected chi connectivity index (χ3v) is 6.69. The number of nitrogens with one attached hydrogen (secondary N) is 1. The van der Waals surface area contributed by atoms with Crippen LogP contribution in [0.4, 0.5) is 0 Å². The monoisotopic (exact) mass is 415 g/mol. The number of likely N-dealkylation sites (tertiary alicyclic amines) is 1. The molecule has 0 atom stereocenters. The number of phenolic OH excluding ortho intramolecular Hbond substituents is 1. The number of hydrogen-bond donors (Lipinski definition) is 2. The van der Waals surface area contributed by atoms with Crippen molar-refractivity contribution >= 4 is 10.0 Å². The molecule has 0 aliphatic carbocycles. The Morgan fingerprint density at radius 2 is 1.83 bits per heavy atom. The van der Waals surface area contributed by atoms with Crippen LogP contribution in [0.2, 0.25) is 0 Å². The number of piperidine rings is 1. The highest BCUT2D eigenvalue weighted by atomic mass is 32.2. The van der Waals surface area contributed by atoms with Gasteiger partial charge < -0.3 is 10.0 Å². The predicted molar refractivity (Wildman–Crippen MR) is 112 cm³/mol. The van der Waals surface area contributed by atoms with Crippen LogP contribution in [0.25, 0.3) is 21.6 Å². The zero-order valence-corrected chi connectivity index (χ0v) is 16.9. The first-order valence-corrected chi connectivity index (χ1v) is 11.1. The number of benzene rings is 2. The van der Waals surface area contributed by atoms with E-state index in [9.17, 15) is 13.5 Å². The highest BCUT2D eigenvalue weighted by Gasteiger charge is 2.19. The molecule has 0 bridgehead atoms. The van der Waals surface area contributed by atoms with Crippen LogP contribution in [-0.4, -0.2) is 51.1 Å². The molecule has 0 aromatic heterocycles. The Morgan fingerprint density at radius 1 is 1.14 bits per heavy atom. The molecule has 2 aromatic carbocycles. The van der Waals surface area contributed by atoms with E-state index in [4.69, 9.17) is 5.53 Å². The summed E-state index contributed by atoms with van der Waals surface area (Å²) in [6.07, 6.45) is 1.92. The Labute approximate surface area is 170 Å². The van der Waals surface area contributed by atoms with Crippen molar-refractivity contribution in [3.05, 3.63) is 59.0 Å². The van der Waals surface area contributed by atoms with Gasteiger partial charge in [-0.25, -0.2) is 13.1 Å². The van der Waals surface area contributed by atoms with E-state index in [-0.39, 0.29) is 10.6 Å². The Kier molecular flexibility index (Phi) is 7.11. The minimum absolute atomic E-state index is 0.157. The molecule has 9 heteroatoms. The summed E-state index contributed by atoms with van der Waals surface area (Å²) in [7, 11) is -3.59. The van der Waals surface area contributed by atoms with Gasteiger partial charge in [0.2, 0.25) is 10.0 Å². The lowest BCUT2D eigenvalue weighted by Crippen LogP contribution is -2.40. The Balaban J connectivity index is 1.51. The summed E-state index contributed by atoms with van der Waals surface area (Å²) < 4.78 is 27.7. The van der Waals surface area contributed by atoms with Gasteiger partial charge in [0.25, 0.3) is 0 Å². The van der Waals surface area contributed by atoms with E-state index in [1.807, 2.05) is 6.07 Å². The van der Waals surface area contributed by atoms with Crippen LogP contribution in [0, 0.1) is 5.92 Å². The molecule has 1 aliphatic rings. The molecule has 2 N–H and O–H groups in total. The SMILES string of the molecule is [N-]=[N+]=NCC1CCN(CCNS(=O)(=O)c2ccc(-c3ccccc3O)cc2)CC1. The Hall–Kier alpha value is -2.58. The highest BCUT2D eigenvalue weighted by Crippen LogP contribution is 2.29. The quantitative estimate of drug-likeness (QED) is 0.390. The number of aromatic hydroxyl groups is 1. The fourth-order valence-electron chi connectivity index (χ4n) is 3.50. The minimum Gasteiger partial charge on any atom is -0.507 e. The van der Waals surface area contributed by atoms with Gasteiger partial charge in [0, 0.05) is 30.1 Å². The second-order valence-corrected chi connectivity index (χ2v) is 8.90.